The molecular weight excluding hydrogens is 216 g/mol. The van der Waals surface area contributed by atoms with Gasteiger partial charge in [-0.3, -0.25) is 0 Å². The van der Waals surface area contributed by atoms with Crippen LogP contribution in [0, 0.1) is 6.92 Å². The van der Waals surface area contributed by atoms with Crippen LogP contribution in [0.4, 0.5) is 0 Å². The second kappa shape index (κ2) is 4.78. The highest BCUT2D eigenvalue weighted by Crippen LogP contribution is 2.32. The monoisotopic (exact) mass is 229 g/mol. The second-order valence-electron chi connectivity index (χ2n) is 3.72. The van der Waals surface area contributed by atoms with E-state index in [4.69, 9.17) is 4.74 Å². The van der Waals surface area contributed by atoms with E-state index in [2.05, 4.69) is 6.92 Å². The highest BCUT2D eigenvalue weighted by atomic mass is 16.5. The Kier molecular flexibility index (Phi) is 3.19. The molecule has 0 atom stereocenters. The van der Waals surface area contributed by atoms with Crippen LogP contribution in [0.1, 0.15) is 11.1 Å². The third kappa shape index (κ3) is 2.69. The minimum Gasteiger partial charge on any atom is -0.508 e. The summed E-state index contributed by atoms with van der Waals surface area (Å²) in [6.45, 7) is 4.05. The second-order valence-corrected chi connectivity index (χ2v) is 3.72. The van der Waals surface area contributed by atoms with E-state index >= 15 is 0 Å². The van der Waals surface area contributed by atoms with Crippen LogP contribution in [-0.4, -0.2) is 10.2 Å². The van der Waals surface area contributed by atoms with Crippen molar-refractivity contribution in [3.05, 3.63) is 60.5 Å². The fraction of sp³-hybridized carbons (Fsp3) is 0.0714. The molecule has 0 aromatic heterocycles. The first-order valence-corrected chi connectivity index (χ1v) is 5.21. The van der Waals surface area contributed by atoms with E-state index in [-0.39, 0.29) is 11.5 Å². The van der Waals surface area contributed by atoms with Gasteiger partial charge in [0, 0.05) is 17.7 Å². The van der Waals surface area contributed by atoms with Gasteiger partial charge in [-0.05, 0) is 12.5 Å². The molecule has 0 aliphatic rings. The summed E-state index contributed by atoms with van der Waals surface area (Å²) < 4.78 is 5.50. The zero-order valence-corrected chi connectivity index (χ0v) is 9.26. The summed E-state index contributed by atoms with van der Waals surface area (Å²) in [6, 6.07) is 12.3. The van der Waals surface area contributed by atoms with Crippen molar-refractivity contribution in [3.63, 3.8) is 0 Å². The standard InChI is InChI=1S/C14H13O3/c1-10-13(16)7-12(15)8-14(10)17-9-11-5-3-2-4-6-11/h2-8,15-16H,1,9H2. The Morgan fingerprint density at radius 1 is 1.06 bits per heavy atom. The van der Waals surface area contributed by atoms with Crippen molar-refractivity contribution in [1.29, 1.82) is 0 Å². The van der Waals surface area contributed by atoms with Gasteiger partial charge in [0.05, 0.1) is 0 Å². The van der Waals surface area contributed by atoms with Gasteiger partial charge >= 0.3 is 0 Å². The summed E-state index contributed by atoms with van der Waals surface area (Å²) in [5.74, 6) is 0.261. The minimum absolute atomic E-state index is 0.0436. The molecule has 0 saturated carbocycles. The zero-order chi connectivity index (χ0) is 12.3. The molecule has 0 heterocycles. The van der Waals surface area contributed by atoms with E-state index in [9.17, 15) is 10.2 Å². The SMILES string of the molecule is [CH2]c1c(O)cc(O)cc1OCc1ccccc1. The number of rotatable bonds is 3. The molecule has 0 spiro atoms. The molecule has 2 aromatic carbocycles. The number of hydrogen-bond acceptors (Lipinski definition) is 3. The third-order valence-electron chi connectivity index (χ3n) is 2.41. The molecule has 0 amide bonds. The van der Waals surface area contributed by atoms with Gasteiger partial charge in [-0.1, -0.05) is 30.3 Å². The van der Waals surface area contributed by atoms with Gasteiger partial charge in [0.1, 0.15) is 23.9 Å². The number of hydrogen-bond donors (Lipinski definition) is 2. The first kappa shape index (κ1) is 11.3. The number of aromatic hydroxyl groups is 2. The molecule has 0 aliphatic heterocycles. The van der Waals surface area contributed by atoms with Crippen LogP contribution in [-0.2, 0) is 6.61 Å². The molecular formula is C14H13O3. The third-order valence-corrected chi connectivity index (χ3v) is 2.41. The number of benzene rings is 2. The maximum Gasteiger partial charge on any atom is 0.130 e. The lowest BCUT2D eigenvalue weighted by molar-refractivity contribution is 0.300. The zero-order valence-electron chi connectivity index (χ0n) is 9.26. The fourth-order valence-corrected chi connectivity index (χ4v) is 1.48. The number of ether oxygens (including phenoxy) is 1. The van der Waals surface area contributed by atoms with Crippen molar-refractivity contribution in [2.75, 3.05) is 0 Å². The van der Waals surface area contributed by atoms with Crippen LogP contribution in [0.2, 0.25) is 0 Å². The Labute approximate surface area is 99.9 Å². The maximum atomic E-state index is 9.48. The number of phenols is 2. The van der Waals surface area contributed by atoms with Crippen LogP contribution in [0.15, 0.2) is 42.5 Å². The summed E-state index contributed by atoms with van der Waals surface area (Å²) in [6.07, 6.45) is 0. The minimum atomic E-state index is -0.0759. The lowest BCUT2D eigenvalue weighted by Crippen LogP contribution is -1.96. The summed E-state index contributed by atoms with van der Waals surface area (Å²) >= 11 is 0. The summed E-state index contributed by atoms with van der Waals surface area (Å²) in [4.78, 5) is 0. The van der Waals surface area contributed by atoms with Gasteiger partial charge < -0.3 is 14.9 Å². The summed E-state index contributed by atoms with van der Waals surface area (Å²) in [5.41, 5.74) is 1.38. The molecule has 0 unspecified atom stereocenters. The van der Waals surface area contributed by atoms with Crippen molar-refractivity contribution >= 4 is 0 Å². The molecule has 1 radical (unpaired) electrons. The molecule has 0 fully saturated rings. The van der Waals surface area contributed by atoms with E-state index in [1.807, 2.05) is 30.3 Å². The van der Waals surface area contributed by atoms with Crippen molar-refractivity contribution < 1.29 is 14.9 Å². The Morgan fingerprint density at radius 2 is 1.76 bits per heavy atom. The number of phenolic OH excluding ortho intramolecular Hbond substituents is 2. The molecule has 3 heteroatoms. The van der Waals surface area contributed by atoms with Gasteiger partial charge in [0.15, 0.2) is 0 Å². The van der Waals surface area contributed by atoms with Crippen molar-refractivity contribution in [1.82, 2.24) is 0 Å². The van der Waals surface area contributed by atoms with Crippen LogP contribution in [0.3, 0.4) is 0 Å². The van der Waals surface area contributed by atoms with E-state index in [0.29, 0.717) is 17.9 Å². The summed E-state index contributed by atoms with van der Waals surface area (Å²) in [5, 5.41) is 18.8. The Bertz CT molecular complexity index is 506. The molecule has 2 rings (SSSR count). The Hall–Kier alpha value is -2.16. The van der Waals surface area contributed by atoms with E-state index in [1.54, 1.807) is 0 Å². The van der Waals surface area contributed by atoms with Crippen molar-refractivity contribution in [3.8, 4) is 17.2 Å². The largest absolute Gasteiger partial charge is 0.508 e. The van der Waals surface area contributed by atoms with Gasteiger partial charge in [0.2, 0.25) is 0 Å². The molecule has 2 aromatic rings. The average molecular weight is 229 g/mol. The van der Waals surface area contributed by atoms with Gasteiger partial charge in [-0.15, -0.1) is 0 Å². The summed E-state index contributed by atoms with van der Waals surface area (Å²) in [7, 11) is 0. The molecule has 3 nitrogen and oxygen atoms in total. The first-order valence-electron chi connectivity index (χ1n) is 5.21. The molecule has 0 aliphatic carbocycles. The first-order chi connectivity index (χ1) is 8.16. The van der Waals surface area contributed by atoms with Crippen LogP contribution >= 0.6 is 0 Å². The molecule has 0 bridgehead atoms. The predicted octanol–water partition coefficient (Wildman–Crippen LogP) is 2.86. The fourth-order valence-electron chi connectivity index (χ4n) is 1.48. The predicted molar refractivity (Wildman–Crippen MR) is 65.0 cm³/mol. The Balaban J connectivity index is 2.14. The van der Waals surface area contributed by atoms with Crippen molar-refractivity contribution in [2.45, 2.75) is 6.61 Å². The quantitative estimate of drug-likeness (QED) is 0.850. The maximum absolute atomic E-state index is 9.48. The smallest absolute Gasteiger partial charge is 0.130 e. The van der Waals surface area contributed by atoms with E-state index in [0.717, 1.165) is 5.56 Å². The van der Waals surface area contributed by atoms with Crippen LogP contribution in [0.5, 0.6) is 17.2 Å². The van der Waals surface area contributed by atoms with Gasteiger partial charge in [-0.2, -0.15) is 0 Å². The Morgan fingerprint density at radius 3 is 2.47 bits per heavy atom. The van der Waals surface area contributed by atoms with E-state index in [1.165, 1.54) is 12.1 Å². The molecule has 2 N–H and O–H groups in total. The van der Waals surface area contributed by atoms with Crippen LogP contribution < -0.4 is 4.74 Å². The topological polar surface area (TPSA) is 49.7 Å². The lowest BCUT2D eigenvalue weighted by atomic mass is 10.2. The molecule has 0 saturated heterocycles. The highest BCUT2D eigenvalue weighted by Gasteiger charge is 2.07. The van der Waals surface area contributed by atoms with E-state index < -0.39 is 0 Å². The highest BCUT2D eigenvalue weighted by molar-refractivity contribution is 5.50. The lowest BCUT2D eigenvalue weighted by Gasteiger charge is -2.10. The van der Waals surface area contributed by atoms with Gasteiger partial charge in [-0.25, -0.2) is 0 Å². The van der Waals surface area contributed by atoms with Crippen LogP contribution in [0.25, 0.3) is 0 Å². The normalized spacial score (nSPS) is 10.2. The van der Waals surface area contributed by atoms with Gasteiger partial charge in [0.25, 0.3) is 0 Å². The molecule has 87 valence electrons. The molecule has 17 heavy (non-hydrogen) atoms. The average Bonchev–Trinajstić information content (AvgIpc) is 2.33. The van der Waals surface area contributed by atoms with Crippen molar-refractivity contribution in [2.24, 2.45) is 0 Å².